The number of piperidine rings is 1. The number of aliphatic carboxylic acids is 1. The second-order valence-corrected chi connectivity index (χ2v) is 27.1. The molecule has 0 radical (unpaired) electrons. The van der Waals surface area contributed by atoms with Crippen molar-refractivity contribution in [3.8, 4) is 0 Å². The van der Waals surface area contributed by atoms with Gasteiger partial charge in [0.2, 0.25) is 23.6 Å². The van der Waals surface area contributed by atoms with Crippen LogP contribution in [-0.2, 0) is 68.8 Å². The quantitative estimate of drug-likeness (QED) is 0.0195. The van der Waals surface area contributed by atoms with Crippen molar-refractivity contribution >= 4 is 52.7 Å². The Morgan fingerprint density at radius 2 is 0.870 bits per heavy atom. The van der Waals surface area contributed by atoms with E-state index in [0.717, 1.165) is 22.3 Å². The van der Waals surface area contributed by atoms with E-state index in [1.165, 1.54) is 0 Å². The van der Waals surface area contributed by atoms with Crippen LogP contribution in [0.25, 0.3) is 0 Å². The van der Waals surface area contributed by atoms with Gasteiger partial charge in [-0.1, -0.05) is 177 Å². The predicted molar refractivity (Wildman–Crippen MR) is 361 cm³/mol. The van der Waals surface area contributed by atoms with E-state index in [4.69, 9.17) is 11.5 Å². The largest absolute Gasteiger partial charge is 0.481 e. The average molecular weight is 1270 g/mol. The monoisotopic (exact) mass is 1270 g/mol. The second kappa shape index (κ2) is 38.7. The number of carboxylic acids is 1. The summed E-state index contributed by atoms with van der Waals surface area (Å²) in [5.74, 6) is -7.12. The minimum Gasteiger partial charge on any atom is -0.481 e. The number of carbonyl (C=O) groups excluding carboxylic acids is 8. The number of hydrogen-bond acceptors (Lipinski definition) is 13. The van der Waals surface area contributed by atoms with Crippen molar-refractivity contribution in [2.45, 2.75) is 200 Å². The molecule has 0 saturated carbocycles. The number of nitrogens with two attached hydrogens (primary N) is 2. The van der Waals surface area contributed by atoms with E-state index in [9.17, 15) is 48.3 Å². The van der Waals surface area contributed by atoms with Crippen molar-refractivity contribution in [2.75, 3.05) is 26.2 Å². The van der Waals surface area contributed by atoms with Crippen LogP contribution >= 0.6 is 0 Å². The van der Waals surface area contributed by atoms with Gasteiger partial charge in [0.1, 0.15) is 0 Å². The first-order chi connectivity index (χ1) is 43.8. The fourth-order valence-electron chi connectivity index (χ4n) is 12.2. The lowest BCUT2D eigenvalue weighted by atomic mass is 9.73. The van der Waals surface area contributed by atoms with Gasteiger partial charge in [-0.05, 0) is 124 Å². The number of hydrogen-bond donors (Lipinski definition) is 8. The molecule has 4 aromatic rings. The molecule has 8 atom stereocenters. The third-order valence-electron chi connectivity index (χ3n) is 17.5. The molecular weight excluding hydrogens is 1160 g/mol. The summed E-state index contributed by atoms with van der Waals surface area (Å²) in [4.78, 5) is 131. The average Bonchev–Trinajstić information content (AvgIpc) is 0.863. The molecule has 0 unspecified atom stereocenters. The van der Waals surface area contributed by atoms with E-state index in [-0.39, 0.29) is 131 Å². The molecule has 18 nitrogen and oxygen atoms in total. The van der Waals surface area contributed by atoms with E-state index < -0.39 is 89.3 Å². The van der Waals surface area contributed by atoms with E-state index >= 15 is 0 Å². The van der Waals surface area contributed by atoms with Gasteiger partial charge in [0, 0.05) is 68.6 Å². The molecule has 4 aromatic carbocycles. The SMILES string of the molecule is CC(C)C[C@@H](CC(=O)[C@@H](Cc1ccccc1)NC(=O)[C@H](N)Cc1ccccc1)C(=O)N[C@H](CCCNC(C)C)C(=O)CC1(C(=O)O)CCN(C(=O)[C@@H](CCCNC(C)C)CC(=O)[C@@H](CC(C)C)NC(=O)[C@H](CC(=O)[C@H](N)Cc2ccccc2)Cc2ccccc2)CC1. The van der Waals surface area contributed by atoms with Gasteiger partial charge in [-0.3, -0.25) is 43.2 Å². The fraction of sp³-hybridized carbons (Fsp3) is 0.554. The molecule has 1 heterocycles. The normalized spacial score (nSPS) is 15.8. The number of nitrogens with one attached hydrogen (secondary N) is 5. The summed E-state index contributed by atoms with van der Waals surface area (Å²) >= 11 is 0. The molecule has 92 heavy (non-hydrogen) atoms. The molecule has 0 aliphatic carbocycles. The Hall–Kier alpha value is -7.25. The number of nitrogens with zero attached hydrogens (tertiary/aromatic N) is 1. The number of rotatable bonds is 42. The van der Waals surface area contributed by atoms with Crippen LogP contribution in [0.1, 0.15) is 155 Å². The second-order valence-electron chi connectivity index (χ2n) is 27.1. The van der Waals surface area contributed by atoms with Crippen LogP contribution in [0.15, 0.2) is 121 Å². The highest BCUT2D eigenvalue weighted by atomic mass is 16.4. The Labute approximate surface area is 546 Å². The Kier molecular flexibility index (Phi) is 31.7. The zero-order chi connectivity index (χ0) is 67.3. The van der Waals surface area contributed by atoms with Gasteiger partial charge >= 0.3 is 5.97 Å². The van der Waals surface area contributed by atoms with Crippen molar-refractivity contribution in [3.63, 3.8) is 0 Å². The van der Waals surface area contributed by atoms with Crippen molar-refractivity contribution < 1.29 is 48.3 Å². The van der Waals surface area contributed by atoms with Crippen molar-refractivity contribution in [3.05, 3.63) is 144 Å². The predicted octanol–water partition coefficient (Wildman–Crippen LogP) is 8.09. The maximum absolute atomic E-state index is 14.9. The molecule has 18 heteroatoms. The van der Waals surface area contributed by atoms with Crippen LogP contribution in [0.3, 0.4) is 0 Å². The molecule has 0 bridgehead atoms. The Bertz CT molecular complexity index is 2950. The fourth-order valence-corrected chi connectivity index (χ4v) is 12.2. The first-order valence-corrected chi connectivity index (χ1v) is 33.5. The van der Waals surface area contributed by atoms with Gasteiger partial charge in [0.25, 0.3) is 0 Å². The number of carbonyl (C=O) groups is 9. The molecule has 1 saturated heterocycles. The van der Waals surface area contributed by atoms with Gasteiger partial charge in [-0.15, -0.1) is 0 Å². The van der Waals surface area contributed by atoms with E-state index in [0.29, 0.717) is 38.8 Å². The number of benzene rings is 4. The molecule has 0 spiro atoms. The lowest BCUT2D eigenvalue weighted by Crippen LogP contribution is -2.52. The molecule has 502 valence electrons. The maximum Gasteiger partial charge on any atom is 0.310 e. The number of ketones is 4. The van der Waals surface area contributed by atoms with Gasteiger partial charge in [0.05, 0.1) is 35.6 Å². The van der Waals surface area contributed by atoms with Gasteiger partial charge < -0.3 is 48.1 Å². The summed E-state index contributed by atoms with van der Waals surface area (Å²) in [6.07, 6.45) is 1.91. The number of amides is 4. The molecule has 10 N–H and O–H groups in total. The molecule has 5 rings (SSSR count). The van der Waals surface area contributed by atoms with Gasteiger partial charge in [-0.2, -0.15) is 0 Å². The minimum absolute atomic E-state index is 0.00708. The van der Waals surface area contributed by atoms with Crippen LogP contribution in [-0.4, -0.2) is 131 Å². The van der Waals surface area contributed by atoms with Crippen molar-refractivity contribution in [1.29, 1.82) is 0 Å². The summed E-state index contributed by atoms with van der Waals surface area (Å²) in [7, 11) is 0. The third kappa shape index (κ3) is 26.0. The van der Waals surface area contributed by atoms with E-state index in [1.54, 1.807) is 4.90 Å². The summed E-state index contributed by atoms with van der Waals surface area (Å²) in [6, 6.07) is 32.8. The maximum atomic E-state index is 14.9. The Balaban J connectivity index is 1.33. The molecule has 0 aromatic heterocycles. The van der Waals surface area contributed by atoms with E-state index in [1.807, 2.05) is 177 Å². The highest BCUT2D eigenvalue weighted by molar-refractivity contribution is 5.97. The Morgan fingerprint density at radius 3 is 1.36 bits per heavy atom. The summed E-state index contributed by atoms with van der Waals surface area (Å²) in [5, 5.41) is 26.7. The van der Waals surface area contributed by atoms with E-state index in [2.05, 4.69) is 26.6 Å². The third-order valence-corrected chi connectivity index (χ3v) is 17.5. The molecular formula is C74H106N8O10. The number of Topliss-reactive ketones (excluding diaryl/α,β-unsaturated/α-hetero) is 4. The summed E-state index contributed by atoms with van der Waals surface area (Å²) in [5.41, 5.74) is 14.7. The minimum atomic E-state index is -1.59. The van der Waals surface area contributed by atoms with Crippen LogP contribution in [0.5, 0.6) is 0 Å². The van der Waals surface area contributed by atoms with Crippen molar-refractivity contribution in [2.24, 2.45) is 46.5 Å². The topological polar surface area (TPSA) is 289 Å². The summed E-state index contributed by atoms with van der Waals surface area (Å²) < 4.78 is 0. The lowest BCUT2D eigenvalue weighted by Gasteiger charge is -2.40. The van der Waals surface area contributed by atoms with Crippen molar-refractivity contribution in [1.82, 2.24) is 31.5 Å². The van der Waals surface area contributed by atoms with Gasteiger partial charge in [0.15, 0.2) is 23.1 Å². The first-order valence-electron chi connectivity index (χ1n) is 33.5. The zero-order valence-corrected chi connectivity index (χ0v) is 55.8. The van der Waals surface area contributed by atoms with Crippen LogP contribution in [0.4, 0.5) is 0 Å². The number of carboxylic acid groups (broad SMARTS) is 1. The number of likely N-dealkylation sites (tertiary alicyclic amines) is 1. The zero-order valence-electron chi connectivity index (χ0n) is 55.8. The van der Waals surface area contributed by atoms with Crippen LogP contribution < -0.4 is 38.1 Å². The Morgan fingerprint density at radius 1 is 0.457 bits per heavy atom. The van der Waals surface area contributed by atoms with Crippen LogP contribution in [0.2, 0.25) is 0 Å². The highest BCUT2D eigenvalue weighted by Crippen LogP contribution is 2.38. The standard InChI is InChI=1S/C74H106N8O10/c1-49(2)39-58(47-67(85)64(44-56-29-19-12-20-30-56)81-71(89)61(76)43-55-27-17-11-18-28-55)69(87)79-62(32-22-36-78-52(7)8)68(86)48-74(73(91)92)33-37-82(38-34-74)72(90)57(31-21-35-77-51(5)6)45-66(84)63(40-50(3)4)80-70(88)59(41-53-23-13-9-14-24-53)46-65(83)60(75)42-54-25-15-10-16-26-54/h9-20,23-30,49-52,57-64,77-78H,21-22,31-48,75-76H2,1-8H3,(H,79,87)(H,80,88)(H,81,89)(H,91,92)/t57-,58-,59-,60+,61+,62+,63+,64+/m0/s1. The molecule has 1 aliphatic heterocycles. The molecule has 4 amide bonds. The highest BCUT2D eigenvalue weighted by Gasteiger charge is 2.46. The van der Waals surface area contributed by atoms with Crippen LogP contribution in [0, 0.1) is 35.0 Å². The lowest BCUT2D eigenvalue weighted by molar-refractivity contribution is -0.158. The summed E-state index contributed by atoms with van der Waals surface area (Å²) in [6.45, 7) is 16.8. The van der Waals surface area contributed by atoms with Gasteiger partial charge in [-0.25, -0.2) is 0 Å². The molecule has 1 fully saturated rings. The first kappa shape index (κ1) is 75.5. The molecule has 1 aliphatic rings. The smallest absolute Gasteiger partial charge is 0.310 e.